The van der Waals surface area contributed by atoms with Crippen LogP contribution < -0.4 is 4.90 Å². The van der Waals surface area contributed by atoms with E-state index in [1.807, 2.05) is 19.9 Å². The molecule has 27 heavy (non-hydrogen) atoms. The summed E-state index contributed by atoms with van der Waals surface area (Å²) in [4.78, 5) is 29.0. The van der Waals surface area contributed by atoms with Crippen LogP contribution in [0.5, 0.6) is 0 Å². The number of nitrogens with zero attached hydrogens (tertiary/aromatic N) is 2. The van der Waals surface area contributed by atoms with Gasteiger partial charge in [-0.3, -0.25) is 14.5 Å². The van der Waals surface area contributed by atoms with Crippen molar-refractivity contribution < 1.29 is 9.59 Å². The van der Waals surface area contributed by atoms with E-state index < -0.39 is 0 Å². The van der Waals surface area contributed by atoms with Gasteiger partial charge in [-0.25, -0.2) is 0 Å². The number of hydrogen-bond acceptors (Lipinski definition) is 4. The maximum atomic E-state index is 12.6. The smallest absolute Gasteiger partial charge is 0.293 e. The molecule has 1 aromatic rings. The molecule has 0 saturated carbocycles. The second-order valence-electron chi connectivity index (χ2n) is 8.10. The van der Waals surface area contributed by atoms with Crippen molar-refractivity contribution in [1.82, 2.24) is 4.90 Å². The molecule has 2 amide bonds. The van der Waals surface area contributed by atoms with Crippen molar-refractivity contribution in [2.75, 3.05) is 11.4 Å². The summed E-state index contributed by atoms with van der Waals surface area (Å²) in [6.45, 7) is 15.5. The lowest BCUT2D eigenvalue weighted by atomic mass is 9.87. The van der Waals surface area contributed by atoms with E-state index in [1.165, 1.54) is 21.7 Å². The summed E-state index contributed by atoms with van der Waals surface area (Å²) in [5.41, 5.74) is 5.73. The fourth-order valence-corrected chi connectivity index (χ4v) is 5.00. The Labute approximate surface area is 166 Å². The first-order valence-electron chi connectivity index (χ1n) is 9.46. The van der Waals surface area contributed by atoms with Gasteiger partial charge in [0.25, 0.3) is 11.1 Å². The Morgan fingerprint density at radius 3 is 2.41 bits per heavy atom. The molecule has 3 rings (SSSR count). The molecule has 2 heterocycles. The van der Waals surface area contributed by atoms with Crippen molar-refractivity contribution in [3.8, 4) is 0 Å². The predicted molar refractivity (Wildman–Crippen MR) is 115 cm³/mol. The van der Waals surface area contributed by atoms with Crippen LogP contribution >= 0.6 is 11.8 Å². The van der Waals surface area contributed by atoms with E-state index in [0.29, 0.717) is 4.91 Å². The molecule has 0 spiro atoms. The van der Waals surface area contributed by atoms with Gasteiger partial charge in [0.1, 0.15) is 0 Å². The Kier molecular flexibility index (Phi) is 5.02. The van der Waals surface area contributed by atoms with Gasteiger partial charge in [-0.05, 0) is 95.1 Å². The summed E-state index contributed by atoms with van der Waals surface area (Å²) in [6.07, 6.45) is 4.16. The first kappa shape index (κ1) is 19.7. The number of carbonyl (C=O) groups excluding carboxylic acids is 2. The molecule has 144 valence electrons. The van der Waals surface area contributed by atoms with Crippen molar-refractivity contribution in [1.29, 1.82) is 0 Å². The molecule has 0 N–H and O–H groups in total. The molecule has 5 heteroatoms. The van der Waals surface area contributed by atoms with Gasteiger partial charge >= 0.3 is 0 Å². The minimum absolute atomic E-state index is 0.0281. The largest absolute Gasteiger partial charge is 0.363 e. The van der Waals surface area contributed by atoms with Gasteiger partial charge in [0, 0.05) is 23.8 Å². The summed E-state index contributed by atoms with van der Waals surface area (Å²) in [6, 6.07) is 4.23. The first-order chi connectivity index (χ1) is 12.6. The van der Waals surface area contributed by atoms with Gasteiger partial charge < -0.3 is 4.90 Å². The Bertz CT molecular complexity index is 881. The number of fused-ring (bicyclic) bond motifs is 1. The lowest BCUT2D eigenvalue weighted by Crippen LogP contribution is -2.44. The van der Waals surface area contributed by atoms with Crippen molar-refractivity contribution >= 4 is 40.2 Å². The van der Waals surface area contributed by atoms with Crippen LogP contribution in [0.3, 0.4) is 0 Å². The second-order valence-corrected chi connectivity index (χ2v) is 9.09. The van der Waals surface area contributed by atoms with Gasteiger partial charge in [0.15, 0.2) is 0 Å². The first-order valence-corrected chi connectivity index (χ1v) is 10.3. The van der Waals surface area contributed by atoms with Gasteiger partial charge in [-0.15, -0.1) is 0 Å². The summed E-state index contributed by atoms with van der Waals surface area (Å²) >= 11 is 1.03. The second kappa shape index (κ2) is 6.86. The zero-order chi connectivity index (χ0) is 20.1. The van der Waals surface area contributed by atoms with Crippen LogP contribution in [-0.2, 0) is 4.79 Å². The topological polar surface area (TPSA) is 40.6 Å². The number of thioether (sulfide) groups is 1. The van der Waals surface area contributed by atoms with Crippen LogP contribution in [0, 0.1) is 6.92 Å². The molecule has 0 atom stereocenters. The summed E-state index contributed by atoms with van der Waals surface area (Å²) in [5.74, 6) is -0.194. The highest BCUT2D eigenvalue weighted by molar-refractivity contribution is 8.18. The van der Waals surface area contributed by atoms with Crippen molar-refractivity contribution in [2.45, 2.75) is 60.0 Å². The number of allylic oxidation sites excluding steroid dienone is 1. The number of benzene rings is 1. The lowest BCUT2D eigenvalue weighted by molar-refractivity contribution is -0.123. The molecule has 0 aromatic heterocycles. The number of amides is 2. The number of hydrogen-bond donors (Lipinski definition) is 0. The van der Waals surface area contributed by atoms with E-state index in [2.05, 4.69) is 57.7 Å². The van der Waals surface area contributed by atoms with Crippen LogP contribution in [0.4, 0.5) is 10.5 Å². The molecule has 0 bridgehead atoms. The predicted octanol–water partition coefficient (Wildman–Crippen LogP) is 5.46. The van der Waals surface area contributed by atoms with Crippen LogP contribution in [0.1, 0.15) is 58.2 Å². The standard InChI is InChI=1S/C22H28N2O2S/c1-8-23-18-9-14(4)16(10-17(18)15(5)12-22(23,6)7)11-19-20(25)24(13(2)3)21(26)27-19/h9-13H,8H2,1-7H3/b19-11+. The van der Waals surface area contributed by atoms with E-state index in [4.69, 9.17) is 0 Å². The van der Waals surface area contributed by atoms with Crippen LogP contribution in [0.15, 0.2) is 23.1 Å². The van der Waals surface area contributed by atoms with Crippen LogP contribution in [0.25, 0.3) is 11.6 Å². The molecule has 1 aromatic carbocycles. The SMILES string of the molecule is CCN1c2cc(C)c(/C=C3/SC(=O)N(C(C)C)C3=O)cc2C(C)=CC1(C)C. The maximum Gasteiger partial charge on any atom is 0.293 e. The summed E-state index contributed by atoms with van der Waals surface area (Å²) < 4.78 is 0. The number of aryl methyl sites for hydroxylation is 1. The molecule has 2 aliphatic heterocycles. The van der Waals surface area contributed by atoms with Gasteiger partial charge in [0.05, 0.1) is 10.4 Å². The fourth-order valence-electron chi connectivity index (χ4n) is 4.04. The Morgan fingerprint density at radius 2 is 1.85 bits per heavy atom. The Hall–Kier alpha value is -2.01. The third-order valence-electron chi connectivity index (χ3n) is 5.31. The van der Waals surface area contributed by atoms with Gasteiger partial charge in [0.2, 0.25) is 0 Å². The molecule has 0 aliphatic carbocycles. The summed E-state index contributed by atoms with van der Waals surface area (Å²) in [7, 11) is 0. The highest BCUT2D eigenvalue weighted by Gasteiger charge is 2.37. The normalized spacial score (nSPS) is 20.6. The molecular formula is C22H28N2O2S. The van der Waals surface area contributed by atoms with E-state index in [1.54, 1.807) is 0 Å². The average Bonchev–Trinajstić information content (AvgIpc) is 2.82. The number of rotatable bonds is 3. The fraction of sp³-hybridized carbons (Fsp3) is 0.455. The molecule has 0 radical (unpaired) electrons. The minimum atomic E-state index is -0.194. The number of likely N-dealkylation sites (N-methyl/N-ethyl adjacent to an activating group) is 1. The molecule has 0 unspecified atom stereocenters. The Balaban J connectivity index is 2.07. The van der Waals surface area contributed by atoms with E-state index >= 15 is 0 Å². The van der Waals surface area contributed by atoms with Gasteiger partial charge in [-0.1, -0.05) is 6.08 Å². The number of carbonyl (C=O) groups is 2. The molecule has 2 aliphatic rings. The Morgan fingerprint density at radius 1 is 1.19 bits per heavy atom. The van der Waals surface area contributed by atoms with Crippen molar-refractivity contribution in [2.24, 2.45) is 0 Å². The lowest BCUT2D eigenvalue weighted by Gasteiger charge is -2.43. The van der Waals surface area contributed by atoms with E-state index in [9.17, 15) is 9.59 Å². The highest BCUT2D eigenvalue weighted by atomic mass is 32.2. The van der Waals surface area contributed by atoms with Crippen LogP contribution in [-0.4, -0.2) is 34.2 Å². The van der Waals surface area contributed by atoms with E-state index in [-0.39, 0.29) is 22.7 Å². The zero-order valence-electron chi connectivity index (χ0n) is 17.2. The summed E-state index contributed by atoms with van der Waals surface area (Å²) in [5, 5.41) is -0.188. The molecular weight excluding hydrogens is 356 g/mol. The van der Waals surface area contributed by atoms with Crippen molar-refractivity contribution in [3.63, 3.8) is 0 Å². The molecule has 1 saturated heterocycles. The van der Waals surface area contributed by atoms with E-state index in [0.717, 1.165) is 29.4 Å². The maximum absolute atomic E-state index is 12.6. The third-order valence-corrected chi connectivity index (χ3v) is 6.19. The molecule has 1 fully saturated rings. The zero-order valence-corrected chi connectivity index (χ0v) is 18.0. The minimum Gasteiger partial charge on any atom is -0.363 e. The highest BCUT2D eigenvalue weighted by Crippen LogP contribution is 2.41. The number of anilines is 1. The molecule has 4 nitrogen and oxygen atoms in total. The average molecular weight is 385 g/mol. The number of imide groups is 1. The van der Waals surface area contributed by atoms with Gasteiger partial charge in [-0.2, -0.15) is 0 Å². The van der Waals surface area contributed by atoms with Crippen molar-refractivity contribution in [3.05, 3.63) is 39.8 Å². The monoisotopic (exact) mass is 384 g/mol. The van der Waals surface area contributed by atoms with Crippen LogP contribution in [0.2, 0.25) is 0 Å². The quantitative estimate of drug-likeness (QED) is 0.649. The third kappa shape index (κ3) is 3.33.